The van der Waals surface area contributed by atoms with Crippen LogP contribution < -0.4 is 9.80 Å². The zero-order valence-electron chi connectivity index (χ0n) is 32.1. The number of hydrogen-bond donors (Lipinski definition) is 0. The first-order valence-corrected chi connectivity index (χ1v) is 18.2. The van der Waals surface area contributed by atoms with Crippen molar-refractivity contribution in [2.45, 2.75) is 50.6 Å². The summed E-state index contributed by atoms with van der Waals surface area (Å²) in [6.45, 7) is 7.52. The highest BCUT2D eigenvalue weighted by molar-refractivity contribution is 6.04. The summed E-state index contributed by atoms with van der Waals surface area (Å²) in [6.07, 6.45) is 2.95. The van der Waals surface area contributed by atoms with Crippen LogP contribution in [0.2, 0.25) is 0 Å². The van der Waals surface area contributed by atoms with Crippen LogP contribution in [0.3, 0.4) is 0 Å². The minimum Gasteiger partial charge on any atom is -0.378 e. The zero-order chi connectivity index (χ0) is 37.0. The maximum absolute atomic E-state index is 13.6. The summed E-state index contributed by atoms with van der Waals surface area (Å²) in [5.74, 6) is 0.372. The number of likely N-dealkylation sites (N-methyl/N-ethyl adjacent to an activating group) is 2. The third-order valence-electron chi connectivity index (χ3n) is 10.6. The molecule has 51 heavy (non-hydrogen) atoms. The number of ether oxygens (including phenoxy) is 1. The number of carbonyl (C=O) groups excluding carboxylic acids is 2. The van der Waals surface area contributed by atoms with Gasteiger partial charge in [-0.3, -0.25) is 19.4 Å². The number of nitrogens with zero attached hydrogens (tertiary/aromatic N) is 4. The molecule has 0 bridgehead atoms. The van der Waals surface area contributed by atoms with E-state index in [2.05, 4.69) is 64.9 Å². The molecule has 7 heteroatoms. The lowest BCUT2D eigenvalue weighted by atomic mass is 9.80. The maximum Gasteiger partial charge on any atom is 0.183 e. The standard InChI is InChI=1S/C23H30N2O2.C21H28N2O/c1-4-23(24(2)3,18-19-8-6-5-7-9-19)22(26)20-10-12-21(13-11-20)25-14-16-27-17-15-25;1-6-21(23(4)5,16-17-10-8-7-9-11-17)20(24)18-12-14-19(15-13-18)22(2)3/h5-13H,4,14-18H2,1-3H3;7-15H,6,16H2,1-5H3. The van der Waals surface area contributed by atoms with Gasteiger partial charge in [0, 0.05) is 49.7 Å². The van der Waals surface area contributed by atoms with Gasteiger partial charge in [-0.2, -0.15) is 0 Å². The summed E-state index contributed by atoms with van der Waals surface area (Å²) in [7, 11) is 12.0. The number of ketones is 2. The van der Waals surface area contributed by atoms with Crippen molar-refractivity contribution in [2.24, 2.45) is 0 Å². The van der Waals surface area contributed by atoms with E-state index in [1.54, 1.807) is 0 Å². The van der Waals surface area contributed by atoms with Crippen molar-refractivity contribution in [1.82, 2.24) is 9.80 Å². The SMILES string of the molecule is CCC(Cc1ccccc1)(C(=O)c1ccc(N(C)C)cc1)N(C)C.CCC(Cc1ccccc1)(C(=O)c1ccc(N2CCOCC2)cc1)N(C)C. The Labute approximate surface area is 306 Å². The van der Waals surface area contributed by atoms with E-state index in [9.17, 15) is 9.59 Å². The van der Waals surface area contributed by atoms with Gasteiger partial charge in [0.15, 0.2) is 11.6 Å². The minimum absolute atomic E-state index is 0.184. The van der Waals surface area contributed by atoms with Crippen molar-refractivity contribution >= 4 is 22.9 Å². The van der Waals surface area contributed by atoms with Gasteiger partial charge in [-0.15, -0.1) is 0 Å². The summed E-state index contributed by atoms with van der Waals surface area (Å²) in [5.41, 5.74) is 5.11. The Morgan fingerprint density at radius 1 is 0.588 bits per heavy atom. The number of benzene rings is 4. The topological polar surface area (TPSA) is 56.3 Å². The number of carbonyl (C=O) groups is 2. The third kappa shape index (κ3) is 9.53. The Balaban J connectivity index is 0.000000230. The van der Waals surface area contributed by atoms with Crippen LogP contribution in [0.25, 0.3) is 0 Å². The van der Waals surface area contributed by atoms with E-state index in [1.165, 1.54) is 11.1 Å². The Morgan fingerprint density at radius 2 is 0.980 bits per heavy atom. The van der Waals surface area contributed by atoms with Crippen molar-refractivity contribution in [3.63, 3.8) is 0 Å². The maximum atomic E-state index is 13.6. The first-order chi connectivity index (χ1) is 24.5. The van der Waals surface area contributed by atoms with E-state index >= 15 is 0 Å². The second-order valence-electron chi connectivity index (χ2n) is 14.1. The second kappa shape index (κ2) is 18.3. The highest BCUT2D eigenvalue weighted by Crippen LogP contribution is 2.30. The molecule has 1 aliphatic rings. The molecule has 0 radical (unpaired) electrons. The van der Waals surface area contributed by atoms with Crippen LogP contribution in [0.4, 0.5) is 11.4 Å². The third-order valence-corrected chi connectivity index (χ3v) is 10.6. The van der Waals surface area contributed by atoms with Gasteiger partial charge in [0.2, 0.25) is 0 Å². The smallest absolute Gasteiger partial charge is 0.183 e. The lowest BCUT2D eigenvalue weighted by Gasteiger charge is -2.38. The van der Waals surface area contributed by atoms with Crippen molar-refractivity contribution in [1.29, 1.82) is 0 Å². The van der Waals surface area contributed by atoms with Crippen LogP contribution in [0, 0.1) is 0 Å². The van der Waals surface area contributed by atoms with Crippen molar-refractivity contribution in [2.75, 3.05) is 78.4 Å². The largest absolute Gasteiger partial charge is 0.378 e. The van der Waals surface area contributed by atoms with Crippen LogP contribution >= 0.6 is 0 Å². The van der Waals surface area contributed by atoms with Gasteiger partial charge in [-0.1, -0.05) is 74.5 Å². The van der Waals surface area contributed by atoms with Gasteiger partial charge in [0.1, 0.15) is 0 Å². The number of rotatable bonds is 14. The molecule has 2 unspecified atom stereocenters. The van der Waals surface area contributed by atoms with E-state index in [1.807, 2.05) is 120 Å². The summed E-state index contributed by atoms with van der Waals surface area (Å²) >= 11 is 0. The predicted octanol–water partition coefficient (Wildman–Crippen LogP) is 7.55. The second-order valence-corrected chi connectivity index (χ2v) is 14.1. The quantitative estimate of drug-likeness (QED) is 0.127. The average molecular weight is 691 g/mol. The lowest BCUT2D eigenvalue weighted by molar-refractivity contribution is 0.0661. The van der Waals surface area contributed by atoms with E-state index in [0.29, 0.717) is 12.8 Å². The van der Waals surface area contributed by atoms with Crippen LogP contribution in [0.5, 0.6) is 0 Å². The predicted molar refractivity (Wildman–Crippen MR) is 213 cm³/mol. The molecule has 5 rings (SSSR count). The molecule has 0 amide bonds. The van der Waals surface area contributed by atoms with Crippen LogP contribution in [-0.2, 0) is 17.6 Å². The van der Waals surface area contributed by atoms with Crippen LogP contribution in [0.1, 0.15) is 58.5 Å². The fraction of sp³-hybridized carbons (Fsp3) is 0.409. The molecule has 0 spiro atoms. The van der Waals surface area contributed by atoms with Gasteiger partial charge in [0.05, 0.1) is 24.3 Å². The zero-order valence-corrected chi connectivity index (χ0v) is 32.1. The summed E-state index contributed by atoms with van der Waals surface area (Å²) in [4.78, 5) is 35.4. The highest BCUT2D eigenvalue weighted by atomic mass is 16.5. The molecule has 272 valence electrons. The Bertz CT molecular complexity index is 1650. The summed E-state index contributed by atoms with van der Waals surface area (Å²) < 4.78 is 5.42. The molecule has 4 aromatic carbocycles. The lowest BCUT2D eigenvalue weighted by Crippen LogP contribution is -2.52. The van der Waals surface area contributed by atoms with Gasteiger partial charge in [0.25, 0.3) is 0 Å². The van der Waals surface area contributed by atoms with Crippen LogP contribution in [0.15, 0.2) is 109 Å². The molecule has 0 saturated carbocycles. The molecule has 2 atom stereocenters. The van der Waals surface area contributed by atoms with Crippen molar-refractivity contribution in [3.05, 3.63) is 131 Å². The van der Waals surface area contributed by atoms with E-state index in [4.69, 9.17) is 4.74 Å². The van der Waals surface area contributed by atoms with Crippen molar-refractivity contribution < 1.29 is 14.3 Å². The highest BCUT2D eigenvalue weighted by Gasteiger charge is 2.40. The van der Waals surface area contributed by atoms with Gasteiger partial charge < -0.3 is 14.5 Å². The fourth-order valence-corrected chi connectivity index (χ4v) is 7.05. The molecular weight excluding hydrogens is 633 g/mol. The number of hydrogen-bond acceptors (Lipinski definition) is 7. The van der Waals surface area contributed by atoms with Gasteiger partial charge in [-0.25, -0.2) is 0 Å². The van der Waals surface area contributed by atoms with Crippen molar-refractivity contribution in [3.8, 4) is 0 Å². The Kier molecular flexibility index (Phi) is 14.1. The molecule has 1 saturated heterocycles. The van der Waals surface area contributed by atoms with Crippen LogP contribution in [-0.4, -0.2) is 101 Å². The van der Waals surface area contributed by atoms with Gasteiger partial charge in [-0.05, 0) is 114 Å². The summed E-state index contributed by atoms with van der Waals surface area (Å²) in [5, 5.41) is 0. The van der Waals surface area contributed by atoms with E-state index in [-0.39, 0.29) is 11.6 Å². The molecule has 7 nitrogen and oxygen atoms in total. The number of anilines is 2. The minimum atomic E-state index is -0.540. The van der Waals surface area contributed by atoms with E-state index < -0.39 is 11.1 Å². The number of morpholine rings is 1. The average Bonchev–Trinajstić information content (AvgIpc) is 3.16. The normalized spacial score (nSPS) is 15.4. The first-order valence-electron chi connectivity index (χ1n) is 18.2. The van der Waals surface area contributed by atoms with Gasteiger partial charge >= 0.3 is 0 Å². The number of Topliss-reactive ketones (excluding diaryl/α,β-unsaturated/α-hetero) is 2. The fourth-order valence-electron chi connectivity index (χ4n) is 7.05. The van der Waals surface area contributed by atoms with E-state index in [0.717, 1.165) is 61.6 Å². The summed E-state index contributed by atoms with van der Waals surface area (Å²) in [6, 6.07) is 36.5. The Morgan fingerprint density at radius 3 is 1.33 bits per heavy atom. The molecule has 4 aromatic rings. The molecule has 0 aliphatic carbocycles. The molecule has 0 N–H and O–H groups in total. The Hall–Kier alpha value is -4.30. The molecule has 1 aliphatic heterocycles. The molecule has 1 fully saturated rings. The molecule has 0 aromatic heterocycles. The molecule has 1 heterocycles. The first kappa shape index (κ1) is 39.5. The molecular formula is C44H58N4O3. The monoisotopic (exact) mass is 690 g/mol.